The van der Waals surface area contributed by atoms with E-state index in [4.69, 9.17) is 10.5 Å². The Labute approximate surface area is 117 Å². The van der Waals surface area contributed by atoms with Crippen LogP contribution in [0.15, 0.2) is 18.7 Å². The Morgan fingerprint density at radius 2 is 2.20 bits per heavy atom. The lowest BCUT2D eigenvalue weighted by Gasteiger charge is -2.09. The standard InChI is InChI=1S/C12H19N7O/c1-9(2)7-20-6-4-15-11-16-10(13)17-12(18-11)19-5-3-14-8-19/h3,5,8-9H,4,6-7H2,1-2H3,(H3,13,15,16,17,18). The number of nitrogens with zero attached hydrogens (tertiary/aromatic N) is 5. The number of aromatic nitrogens is 5. The molecule has 2 aromatic heterocycles. The molecular formula is C12H19N7O. The van der Waals surface area contributed by atoms with Crippen LogP contribution in [-0.4, -0.2) is 44.3 Å². The molecule has 20 heavy (non-hydrogen) atoms. The number of ether oxygens (including phenoxy) is 1. The maximum absolute atomic E-state index is 5.67. The number of nitrogens with two attached hydrogens (primary N) is 1. The van der Waals surface area contributed by atoms with Crippen molar-refractivity contribution in [3.05, 3.63) is 18.7 Å². The molecule has 3 N–H and O–H groups in total. The zero-order chi connectivity index (χ0) is 14.4. The first-order chi connectivity index (χ1) is 9.65. The van der Waals surface area contributed by atoms with Crippen LogP contribution in [0.4, 0.5) is 11.9 Å². The number of hydrogen-bond acceptors (Lipinski definition) is 7. The minimum atomic E-state index is 0.161. The summed E-state index contributed by atoms with van der Waals surface area (Å²) in [5.41, 5.74) is 5.67. The molecule has 0 aliphatic heterocycles. The van der Waals surface area contributed by atoms with Gasteiger partial charge in [-0.3, -0.25) is 4.57 Å². The minimum Gasteiger partial charge on any atom is -0.379 e. The van der Waals surface area contributed by atoms with Gasteiger partial charge in [-0.15, -0.1) is 0 Å². The molecule has 0 aromatic carbocycles. The Bertz CT molecular complexity index is 527. The van der Waals surface area contributed by atoms with Gasteiger partial charge in [0.2, 0.25) is 17.8 Å². The Balaban J connectivity index is 1.92. The van der Waals surface area contributed by atoms with Gasteiger partial charge >= 0.3 is 0 Å². The van der Waals surface area contributed by atoms with E-state index in [2.05, 4.69) is 39.1 Å². The monoisotopic (exact) mass is 277 g/mol. The Kier molecular flexibility index (Phi) is 4.83. The normalized spacial score (nSPS) is 10.9. The molecule has 0 bridgehead atoms. The Morgan fingerprint density at radius 3 is 2.90 bits per heavy atom. The van der Waals surface area contributed by atoms with Crippen LogP contribution in [-0.2, 0) is 4.74 Å². The molecule has 0 aliphatic rings. The van der Waals surface area contributed by atoms with E-state index >= 15 is 0 Å². The highest BCUT2D eigenvalue weighted by Crippen LogP contribution is 2.06. The molecule has 0 atom stereocenters. The molecule has 0 saturated carbocycles. The summed E-state index contributed by atoms with van der Waals surface area (Å²) < 4.78 is 7.13. The maximum atomic E-state index is 5.67. The average molecular weight is 277 g/mol. The van der Waals surface area contributed by atoms with Gasteiger partial charge in [-0.05, 0) is 5.92 Å². The van der Waals surface area contributed by atoms with Crippen molar-refractivity contribution in [3.63, 3.8) is 0 Å². The maximum Gasteiger partial charge on any atom is 0.241 e. The molecule has 0 unspecified atom stereocenters. The second-order valence-corrected chi connectivity index (χ2v) is 4.68. The molecule has 8 heteroatoms. The highest BCUT2D eigenvalue weighted by atomic mass is 16.5. The third-order valence-corrected chi connectivity index (χ3v) is 2.36. The predicted molar refractivity (Wildman–Crippen MR) is 75.5 cm³/mol. The first-order valence-electron chi connectivity index (χ1n) is 6.46. The number of nitrogens with one attached hydrogen (secondary N) is 1. The predicted octanol–water partition coefficient (Wildman–Crippen LogP) is 0.724. The summed E-state index contributed by atoms with van der Waals surface area (Å²) in [6.45, 7) is 6.15. The van der Waals surface area contributed by atoms with Crippen LogP contribution in [0.2, 0.25) is 0 Å². The molecule has 0 fully saturated rings. The number of anilines is 2. The quantitative estimate of drug-likeness (QED) is 0.719. The number of nitrogen functional groups attached to an aromatic ring is 1. The van der Waals surface area contributed by atoms with Crippen molar-refractivity contribution in [2.75, 3.05) is 30.8 Å². The zero-order valence-electron chi connectivity index (χ0n) is 11.7. The molecule has 108 valence electrons. The van der Waals surface area contributed by atoms with E-state index in [1.54, 1.807) is 23.3 Å². The van der Waals surface area contributed by atoms with Crippen LogP contribution < -0.4 is 11.1 Å². The van der Waals surface area contributed by atoms with E-state index in [9.17, 15) is 0 Å². The minimum absolute atomic E-state index is 0.161. The third-order valence-electron chi connectivity index (χ3n) is 2.36. The molecule has 0 amide bonds. The summed E-state index contributed by atoms with van der Waals surface area (Å²) in [5, 5.41) is 3.06. The highest BCUT2D eigenvalue weighted by molar-refractivity contribution is 5.34. The Hall–Kier alpha value is -2.22. The number of hydrogen-bond donors (Lipinski definition) is 2. The number of imidazole rings is 1. The summed E-state index contributed by atoms with van der Waals surface area (Å²) in [4.78, 5) is 16.3. The van der Waals surface area contributed by atoms with Gasteiger partial charge in [-0.2, -0.15) is 15.0 Å². The van der Waals surface area contributed by atoms with Crippen molar-refractivity contribution in [1.82, 2.24) is 24.5 Å². The van der Waals surface area contributed by atoms with Gasteiger partial charge < -0.3 is 15.8 Å². The molecule has 2 aromatic rings. The topological polar surface area (TPSA) is 104 Å². The lowest BCUT2D eigenvalue weighted by Crippen LogP contribution is -2.15. The first-order valence-corrected chi connectivity index (χ1v) is 6.46. The summed E-state index contributed by atoms with van der Waals surface area (Å²) in [6, 6.07) is 0. The van der Waals surface area contributed by atoms with Crippen LogP contribution in [0, 0.1) is 5.92 Å². The fraction of sp³-hybridized carbons (Fsp3) is 0.500. The largest absolute Gasteiger partial charge is 0.379 e. The zero-order valence-corrected chi connectivity index (χ0v) is 11.7. The third kappa shape index (κ3) is 4.16. The van der Waals surface area contributed by atoms with Gasteiger partial charge in [0, 0.05) is 25.5 Å². The summed E-state index contributed by atoms with van der Waals surface area (Å²) in [5.74, 6) is 1.54. The fourth-order valence-electron chi connectivity index (χ4n) is 1.51. The molecular weight excluding hydrogens is 258 g/mol. The van der Waals surface area contributed by atoms with Crippen molar-refractivity contribution < 1.29 is 4.74 Å². The fourth-order valence-corrected chi connectivity index (χ4v) is 1.51. The van der Waals surface area contributed by atoms with E-state index in [-0.39, 0.29) is 5.95 Å². The molecule has 2 rings (SSSR count). The van der Waals surface area contributed by atoms with Crippen molar-refractivity contribution in [3.8, 4) is 5.95 Å². The van der Waals surface area contributed by atoms with Crippen LogP contribution in [0.25, 0.3) is 5.95 Å². The van der Waals surface area contributed by atoms with Crippen molar-refractivity contribution in [2.45, 2.75) is 13.8 Å². The first kappa shape index (κ1) is 14.2. The summed E-state index contributed by atoms with van der Waals surface area (Å²) >= 11 is 0. The van der Waals surface area contributed by atoms with E-state index in [1.165, 1.54) is 0 Å². The van der Waals surface area contributed by atoms with Gasteiger partial charge in [0.05, 0.1) is 6.61 Å². The molecule has 8 nitrogen and oxygen atoms in total. The van der Waals surface area contributed by atoms with E-state index < -0.39 is 0 Å². The Morgan fingerprint density at radius 1 is 1.35 bits per heavy atom. The van der Waals surface area contributed by atoms with Crippen molar-refractivity contribution >= 4 is 11.9 Å². The van der Waals surface area contributed by atoms with E-state index in [1.807, 2.05) is 0 Å². The second-order valence-electron chi connectivity index (χ2n) is 4.68. The van der Waals surface area contributed by atoms with Crippen LogP contribution in [0.1, 0.15) is 13.8 Å². The van der Waals surface area contributed by atoms with Crippen molar-refractivity contribution in [2.24, 2.45) is 5.92 Å². The second kappa shape index (κ2) is 6.80. The lowest BCUT2D eigenvalue weighted by molar-refractivity contribution is 0.118. The average Bonchev–Trinajstić information content (AvgIpc) is 2.91. The molecule has 0 aliphatic carbocycles. The summed E-state index contributed by atoms with van der Waals surface area (Å²) in [7, 11) is 0. The van der Waals surface area contributed by atoms with Crippen molar-refractivity contribution in [1.29, 1.82) is 0 Å². The van der Waals surface area contributed by atoms with Gasteiger partial charge in [0.15, 0.2) is 0 Å². The lowest BCUT2D eigenvalue weighted by atomic mass is 10.2. The van der Waals surface area contributed by atoms with Crippen LogP contribution in [0.3, 0.4) is 0 Å². The van der Waals surface area contributed by atoms with Gasteiger partial charge in [0.1, 0.15) is 6.33 Å². The molecule has 2 heterocycles. The SMILES string of the molecule is CC(C)COCCNc1nc(N)nc(-n2ccnc2)n1. The van der Waals surface area contributed by atoms with Gasteiger partial charge in [0.25, 0.3) is 0 Å². The smallest absolute Gasteiger partial charge is 0.241 e. The number of rotatable bonds is 7. The van der Waals surface area contributed by atoms with Gasteiger partial charge in [-0.1, -0.05) is 13.8 Å². The molecule has 0 saturated heterocycles. The molecule has 0 radical (unpaired) electrons. The highest BCUT2D eigenvalue weighted by Gasteiger charge is 2.05. The van der Waals surface area contributed by atoms with E-state index in [0.29, 0.717) is 31.0 Å². The molecule has 0 spiro atoms. The van der Waals surface area contributed by atoms with Crippen LogP contribution >= 0.6 is 0 Å². The van der Waals surface area contributed by atoms with E-state index in [0.717, 1.165) is 6.61 Å². The summed E-state index contributed by atoms with van der Waals surface area (Å²) in [6.07, 6.45) is 4.99. The van der Waals surface area contributed by atoms with Crippen LogP contribution in [0.5, 0.6) is 0 Å². The van der Waals surface area contributed by atoms with Gasteiger partial charge in [-0.25, -0.2) is 4.98 Å².